The van der Waals surface area contributed by atoms with Crippen LogP contribution >= 0.6 is 11.6 Å². The summed E-state index contributed by atoms with van der Waals surface area (Å²) in [7, 11) is 2.00. The largest absolute Gasteiger partial charge is 0.488 e. The average Bonchev–Trinajstić information content (AvgIpc) is 3.49. The molecule has 0 radical (unpaired) electrons. The van der Waals surface area contributed by atoms with E-state index in [-0.39, 0.29) is 30.0 Å². The van der Waals surface area contributed by atoms with Crippen LogP contribution in [0.3, 0.4) is 0 Å². The van der Waals surface area contributed by atoms with E-state index in [1.165, 1.54) is 12.1 Å². The molecular formula is C37H33ClF3N7O2. The second-order valence-corrected chi connectivity index (χ2v) is 12.7. The maximum absolute atomic E-state index is 14.3. The van der Waals surface area contributed by atoms with Gasteiger partial charge in [-0.2, -0.15) is 22.8 Å². The summed E-state index contributed by atoms with van der Waals surface area (Å²) in [6.07, 6.45) is -2.96. The van der Waals surface area contributed by atoms with E-state index in [0.717, 1.165) is 30.1 Å². The topological polar surface area (TPSA) is 87.0 Å². The molecule has 0 saturated carbocycles. The fraction of sp³-hybridized carbons (Fsp3) is 0.216. The van der Waals surface area contributed by atoms with Crippen LogP contribution in [0.2, 0.25) is 5.15 Å². The second-order valence-electron chi connectivity index (χ2n) is 12.3. The molecule has 6 aromatic rings. The first-order chi connectivity index (χ1) is 24.1. The van der Waals surface area contributed by atoms with Crippen LogP contribution in [0.4, 0.5) is 30.4 Å². The number of hydrogen-bond acceptors (Lipinski definition) is 7. The zero-order valence-electron chi connectivity index (χ0n) is 27.0. The molecule has 0 bridgehead atoms. The molecule has 1 saturated heterocycles. The molecule has 13 heteroatoms. The predicted octanol–water partition coefficient (Wildman–Crippen LogP) is 7.88. The van der Waals surface area contributed by atoms with Crippen LogP contribution in [0.1, 0.15) is 27.0 Å². The van der Waals surface area contributed by atoms with E-state index in [1.807, 2.05) is 60.5 Å². The van der Waals surface area contributed by atoms with Crippen molar-refractivity contribution in [3.8, 4) is 5.75 Å². The molecule has 256 valence electrons. The lowest BCUT2D eigenvalue weighted by Crippen LogP contribution is -2.44. The number of carbonyl (C=O) groups excluding carboxylic acids is 1. The van der Waals surface area contributed by atoms with Crippen LogP contribution in [-0.2, 0) is 19.3 Å². The van der Waals surface area contributed by atoms with Crippen molar-refractivity contribution in [1.29, 1.82) is 0 Å². The maximum Gasteiger partial charge on any atom is 0.416 e. The molecular weight excluding hydrogens is 667 g/mol. The molecule has 50 heavy (non-hydrogen) atoms. The van der Waals surface area contributed by atoms with Gasteiger partial charge in [0.2, 0.25) is 0 Å². The van der Waals surface area contributed by atoms with Crippen LogP contribution in [-0.4, -0.2) is 63.5 Å². The van der Waals surface area contributed by atoms with E-state index in [2.05, 4.69) is 25.6 Å². The lowest BCUT2D eigenvalue weighted by molar-refractivity contribution is -0.138. The number of aromatic nitrogens is 3. The third-order valence-corrected chi connectivity index (χ3v) is 8.89. The molecule has 0 unspecified atom stereocenters. The van der Waals surface area contributed by atoms with Crippen molar-refractivity contribution in [2.24, 2.45) is 0 Å². The molecule has 0 spiro atoms. The number of hydrogen-bond donors (Lipinski definition) is 2. The summed E-state index contributed by atoms with van der Waals surface area (Å²) in [6, 6.07) is 25.9. The van der Waals surface area contributed by atoms with E-state index in [9.17, 15) is 18.0 Å². The fourth-order valence-corrected chi connectivity index (χ4v) is 6.11. The Labute approximate surface area is 291 Å². The van der Waals surface area contributed by atoms with Crippen molar-refractivity contribution in [3.63, 3.8) is 0 Å². The molecule has 0 atom stereocenters. The summed E-state index contributed by atoms with van der Waals surface area (Å²) < 4.78 is 50.6. The third-order valence-electron chi connectivity index (χ3n) is 8.69. The lowest BCUT2D eigenvalue weighted by Gasteiger charge is -2.33. The number of fused-ring (bicyclic) bond motifs is 2. The maximum atomic E-state index is 14.3. The first kappa shape index (κ1) is 33.3. The highest BCUT2D eigenvalue weighted by molar-refractivity contribution is 6.29. The van der Waals surface area contributed by atoms with Gasteiger partial charge in [-0.25, -0.2) is 4.98 Å². The van der Waals surface area contributed by atoms with Crippen molar-refractivity contribution in [2.45, 2.75) is 19.3 Å². The van der Waals surface area contributed by atoms with Crippen LogP contribution in [0.5, 0.6) is 5.75 Å². The molecule has 4 aromatic carbocycles. The minimum atomic E-state index is -4.60. The summed E-state index contributed by atoms with van der Waals surface area (Å²) in [4.78, 5) is 22.4. The van der Waals surface area contributed by atoms with Gasteiger partial charge in [-0.05, 0) is 77.5 Å². The first-order valence-corrected chi connectivity index (χ1v) is 16.4. The summed E-state index contributed by atoms with van der Waals surface area (Å²) in [6.45, 7) is 3.31. The van der Waals surface area contributed by atoms with E-state index in [1.54, 1.807) is 35.0 Å². The summed E-state index contributed by atoms with van der Waals surface area (Å²) >= 11 is 6.10. The Balaban J connectivity index is 1.19. The van der Waals surface area contributed by atoms with Gasteiger partial charge in [0, 0.05) is 44.1 Å². The quantitative estimate of drug-likeness (QED) is 0.159. The molecule has 1 fully saturated rings. The number of imidazole rings is 1. The van der Waals surface area contributed by atoms with Crippen molar-refractivity contribution in [2.75, 3.05) is 43.9 Å². The summed E-state index contributed by atoms with van der Waals surface area (Å²) in [5.74, 6) is 0.274. The number of carbonyl (C=O) groups is 1. The highest BCUT2D eigenvalue weighted by Crippen LogP contribution is 2.36. The summed E-state index contributed by atoms with van der Waals surface area (Å²) in [5, 5.41) is 12.1. The highest BCUT2D eigenvalue weighted by Gasteiger charge is 2.34. The van der Waals surface area contributed by atoms with Crippen LogP contribution in [0.15, 0.2) is 97.2 Å². The molecule has 9 nitrogen and oxygen atoms in total. The van der Waals surface area contributed by atoms with Crippen molar-refractivity contribution < 1.29 is 22.7 Å². The van der Waals surface area contributed by atoms with Gasteiger partial charge < -0.3 is 20.3 Å². The zero-order valence-corrected chi connectivity index (χ0v) is 27.8. The van der Waals surface area contributed by atoms with Gasteiger partial charge in [-0.3, -0.25) is 9.69 Å². The van der Waals surface area contributed by atoms with Gasteiger partial charge in [-0.15, -0.1) is 0 Å². The monoisotopic (exact) mass is 699 g/mol. The number of ether oxygens (including phenoxy) is 1. The Bertz CT molecular complexity index is 2170. The van der Waals surface area contributed by atoms with E-state index < -0.39 is 17.6 Å². The standard InChI is InChI=1S/C37H33ClF3N7O2/c1-46-13-15-47(16-14-46)22-26-8-10-29(20-31(26)37(39,40)41)44-36(49)30-18-27-17-28(43-35-21-42-34-12-11-33(38)45-48(34)35)9-7-25(27)19-32(30)50-23-24-5-3-2-4-6-24/h2-12,17-21,43H,13-16,22-23H2,1H3,(H,44,49). The van der Waals surface area contributed by atoms with Gasteiger partial charge >= 0.3 is 6.18 Å². The smallest absolute Gasteiger partial charge is 0.416 e. The molecule has 1 aliphatic heterocycles. The number of nitrogens with zero attached hydrogens (tertiary/aromatic N) is 5. The van der Waals surface area contributed by atoms with Gasteiger partial charge in [0.05, 0.1) is 17.3 Å². The van der Waals surface area contributed by atoms with Crippen LogP contribution < -0.4 is 15.4 Å². The fourth-order valence-electron chi connectivity index (χ4n) is 5.97. The number of anilines is 3. The number of amides is 1. The highest BCUT2D eigenvalue weighted by atomic mass is 35.5. The number of likely N-dealkylation sites (N-methyl/N-ethyl adjacent to an activating group) is 1. The van der Waals surface area contributed by atoms with Gasteiger partial charge in [0.15, 0.2) is 11.5 Å². The Kier molecular flexibility index (Phi) is 9.32. The Morgan fingerprint density at radius 1 is 0.900 bits per heavy atom. The van der Waals surface area contributed by atoms with E-state index in [4.69, 9.17) is 16.3 Å². The van der Waals surface area contributed by atoms with Gasteiger partial charge in [0.25, 0.3) is 5.91 Å². The van der Waals surface area contributed by atoms with Crippen molar-refractivity contribution in [3.05, 3.63) is 125 Å². The zero-order chi connectivity index (χ0) is 34.8. The Hall–Kier alpha value is -5.17. The summed E-state index contributed by atoms with van der Waals surface area (Å²) in [5.41, 5.74) is 1.80. The lowest BCUT2D eigenvalue weighted by atomic mass is 10.0. The van der Waals surface area contributed by atoms with Crippen LogP contribution in [0, 0.1) is 0 Å². The SMILES string of the molecule is CN1CCN(Cc2ccc(NC(=O)c3cc4cc(Nc5cnc6ccc(Cl)nn56)ccc4cc3OCc3ccccc3)cc2C(F)(F)F)CC1. The van der Waals surface area contributed by atoms with Crippen LogP contribution in [0.25, 0.3) is 16.4 Å². The molecule has 7 rings (SSSR count). The number of nitrogens with one attached hydrogen (secondary N) is 2. The number of alkyl halides is 3. The molecule has 0 aliphatic carbocycles. The normalized spacial score (nSPS) is 14.3. The average molecular weight is 700 g/mol. The van der Waals surface area contributed by atoms with Gasteiger partial charge in [-0.1, -0.05) is 54.1 Å². The Morgan fingerprint density at radius 2 is 1.68 bits per heavy atom. The molecule has 3 heterocycles. The minimum Gasteiger partial charge on any atom is -0.488 e. The van der Waals surface area contributed by atoms with Crippen molar-refractivity contribution >= 4 is 51.1 Å². The van der Waals surface area contributed by atoms with Crippen molar-refractivity contribution in [1.82, 2.24) is 24.4 Å². The molecule has 1 amide bonds. The van der Waals surface area contributed by atoms with E-state index >= 15 is 0 Å². The molecule has 2 aromatic heterocycles. The number of rotatable bonds is 9. The number of piperazine rings is 1. The van der Waals surface area contributed by atoms with E-state index in [0.29, 0.717) is 46.5 Å². The Morgan fingerprint density at radius 3 is 2.46 bits per heavy atom. The third kappa shape index (κ3) is 7.52. The number of benzene rings is 4. The predicted molar refractivity (Wildman–Crippen MR) is 188 cm³/mol. The molecule has 1 aliphatic rings. The second kappa shape index (κ2) is 14.0. The number of halogens is 4. The van der Waals surface area contributed by atoms with Gasteiger partial charge in [0.1, 0.15) is 17.5 Å². The minimum absolute atomic E-state index is 0.0350. The first-order valence-electron chi connectivity index (χ1n) is 16.0. The molecule has 2 N–H and O–H groups in total.